The Morgan fingerprint density at radius 1 is 0.895 bits per heavy atom. The second kappa shape index (κ2) is 11.6. The lowest BCUT2D eigenvalue weighted by molar-refractivity contribution is -0.130. The maximum absolute atomic E-state index is 12.7. The number of amides is 2. The van der Waals surface area contributed by atoms with Gasteiger partial charge >= 0.3 is 6.09 Å². The molecule has 1 saturated carbocycles. The van der Waals surface area contributed by atoms with Gasteiger partial charge in [0.05, 0.1) is 12.1 Å². The molecule has 1 aliphatic rings. The van der Waals surface area contributed by atoms with Crippen molar-refractivity contribution in [2.75, 3.05) is 14.1 Å². The van der Waals surface area contributed by atoms with E-state index in [1.165, 1.54) is 10.4 Å². The van der Waals surface area contributed by atoms with Crippen LogP contribution in [0.3, 0.4) is 0 Å². The third-order valence-corrected chi connectivity index (χ3v) is 12.9. The fourth-order valence-corrected chi connectivity index (χ4v) is 10.8. The Hall–Kier alpha value is -2.64. The first kappa shape index (κ1) is 29.9. The summed E-state index contributed by atoms with van der Waals surface area (Å²) in [6.45, 7) is 12.6. The first-order chi connectivity index (χ1) is 17.7. The molecule has 1 N–H and O–H groups in total. The minimum absolute atomic E-state index is 0.0812. The fourth-order valence-electron chi connectivity index (χ4n) is 6.07. The second-order valence-corrected chi connectivity index (χ2v) is 17.1. The van der Waals surface area contributed by atoms with Crippen molar-refractivity contribution in [2.24, 2.45) is 5.92 Å². The average molecular weight is 539 g/mol. The Labute approximate surface area is 230 Å². The molecule has 0 saturated heterocycles. The molecule has 38 heavy (non-hydrogen) atoms. The SMILES string of the molecule is CN(C)C(=O)C[C@H]1CC[C@@H](O[Si](c2ccccc2)(c2ccccc2)C(C)(C)C)[C@H](N(C(=O)O)C(C)(C)C)C1. The molecule has 7 heteroatoms. The topological polar surface area (TPSA) is 70.1 Å². The summed E-state index contributed by atoms with van der Waals surface area (Å²) in [6, 6.07) is 20.6. The van der Waals surface area contributed by atoms with E-state index in [1.807, 2.05) is 32.9 Å². The van der Waals surface area contributed by atoms with Gasteiger partial charge in [-0.3, -0.25) is 9.69 Å². The van der Waals surface area contributed by atoms with Crippen LogP contribution in [0, 0.1) is 5.92 Å². The number of carbonyl (C=O) groups excluding carboxylic acids is 1. The van der Waals surface area contributed by atoms with Crippen molar-refractivity contribution >= 4 is 30.7 Å². The third-order valence-electron chi connectivity index (χ3n) is 7.83. The highest BCUT2D eigenvalue weighted by Gasteiger charge is 2.54. The lowest BCUT2D eigenvalue weighted by Gasteiger charge is -2.51. The number of carbonyl (C=O) groups is 2. The Bertz CT molecular complexity index is 1040. The van der Waals surface area contributed by atoms with E-state index in [4.69, 9.17) is 4.43 Å². The van der Waals surface area contributed by atoms with Crippen LogP contribution in [0.15, 0.2) is 60.7 Å². The largest absolute Gasteiger partial charge is 0.465 e. The molecule has 0 bridgehead atoms. The number of rotatable bonds is 7. The highest BCUT2D eigenvalue weighted by molar-refractivity contribution is 6.99. The fraction of sp³-hybridized carbons (Fsp3) is 0.548. The lowest BCUT2D eigenvalue weighted by atomic mass is 9.80. The molecule has 1 fully saturated rings. The molecule has 0 aromatic heterocycles. The van der Waals surface area contributed by atoms with E-state index < -0.39 is 19.9 Å². The molecular weight excluding hydrogens is 492 g/mol. The molecule has 208 valence electrons. The molecule has 2 aromatic carbocycles. The summed E-state index contributed by atoms with van der Waals surface area (Å²) in [5.74, 6) is 0.191. The third kappa shape index (κ3) is 6.32. The van der Waals surface area contributed by atoms with Crippen LogP contribution in [0.5, 0.6) is 0 Å². The smallest absolute Gasteiger partial charge is 0.408 e. The minimum Gasteiger partial charge on any atom is -0.465 e. The summed E-state index contributed by atoms with van der Waals surface area (Å²) in [7, 11) is 0.663. The Morgan fingerprint density at radius 3 is 1.79 bits per heavy atom. The Balaban J connectivity index is 2.14. The van der Waals surface area contributed by atoms with Gasteiger partial charge in [0.15, 0.2) is 0 Å². The van der Waals surface area contributed by atoms with Crippen molar-refractivity contribution < 1.29 is 19.1 Å². The van der Waals surface area contributed by atoms with Crippen LogP contribution in [0.25, 0.3) is 0 Å². The van der Waals surface area contributed by atoms with Gasteiger partial charge in [-0.25, -0.2) is 4.79 Å². The molecule has 0 aliphatic heterocycles. The van der Waals surface area contributed by atoms with Crippen LogP contribution >= 0.6 is 0 Å². The molecule has 6 nitrogen and oxygen atoms in total. The van der Waals surface area contributed by atoms with Gasteiger partial charge in [0, 0.05) is 26.1 Å². The molecule has 0 unspecified atom stereocenters. The molecule has 0 heterocycles. The summed E-state index contributed by atoms with van der Waals surface area (Å²) >= 11 is 0. The van der Waals surface area contributed by atoms with Crippen molar-refractivity contribution in [1.82, 2.24) is 9.80 Å². The van der Waals surface area contributed by atoms with Crippen molar-refractivity contribution in [3.63, 3.8) is 0 Å². The zero-order valence-corrected chi connectivity index (χ0v) is 25.4. The van der Waals surface area contributed by atoms with Crippen LogP contribution in [-0.4, -0.2) is 67.0 Å². The first-order valence-electron chi connectivity index (χ1n) is 13.7. The average Bonchev–Trinajstić information content (AvgIpc) is 2.82. The number of nitrogens with zero attached hydrogens (tertiary/aromatic N) is 2. The first-order valence-corrected chi connectivity index (χ1v) is 15.6. The van der Waals surface area contributed by atoms with Crippen molar-refractivity contribution in [2.45, 2.75) is 89.9 Å². The molecule has 1 aliphatic carbocycles. The van der Waals surface area contributed by atoms with Gasteiger partial charge in [-0.05, 0) is 61.4 Å². The number of hydrogen-bond acceptors (Lipinski definition) is 3. The van der Waals surface area contributed by atoms with Crippen molar-refractivity contribution in [3.8, 4) is 0 Å². The van der Waals surface area contributed by atoms with Gasteiger partial charge in [-0.2, -0.15) is 0 Å². The molecular formula is C31H46N2O4Si. The summed E-state index contributed by atoms with van der Waals surface area (Å²) < 4.78 is 7.49. The number of benzene rings is 2. The molecule has 0 radical (unpaired) electrons. The maximum atomic E-state index is 12.7. The molecule has 2 amide bonds. The van der Waals surface area contributed by atoms with E-state index in [0.717, 1.165) is 6.42 Å². The van der Waals surface area contributed by atoms with Gasteiger partial charge < -0.3 is 14.4 Å². The van der Waals surface area contributed by atoms with Crippen LogP contribution in [0.4, 0.5) is 4.79 Å². The summed E-state index contributed by atoms with van der Waals surface area (Å²) in [4.78, 5) is 28.5. The van der Waals surface area contributed by atoms with E-state index >= 15 is 0 Å². The van der Waals surface area contributed by atoms with Crippen LogP contribution in [0.2, 0.25) is 5.04 Å². The molecule has 0 spiro atoms. The van der Waals surface area contributed by atoms with E-state index in [9.17, 15) is 14.7 Å². The van der Waals surface area contributed by atoms with Gasteiger partial charge in [0.1, 0.15) is 0 Å². The number of carboxylic acid groups (broad SMARTS) is 1. The van der Waals surface area contributed by atoms with Crippen molar-refractivity contribution in [3.05, 3.63) is 60.7 Å². The summed E-state index contributed by atoms with van der Waals surface area (Å²) in [5, 5.41) is 12.6. The molecule has 3 rings (SSSR count). The van der Waals surface area contributed by atoms with Crippen molar-refractivity contribution in [1.29, 1.82) is 0 Å². The van der Waals surface area contributed by atoms with Gasteiger partial charge in [-0.15, -0.1) is 0 Å². The minimum atomic E-state index is -2.88. The van der Waals surface area contributed by atoms with Crippen LogP contribution < -0.4 is 10.4 Å². The number of hydrogen-bond donors (Lipinski definition) is 1. The highest BCUT2D eigenvalue weighted by Crippen LogP contribution is 2.42. The van der Waals surface area contributed by atoms with E-state index in [1.54, 1.807) is 23.9 Å². The summed E-state index contributed by atoms with van der Waals surface area (Å²) in [5.41, 5.74) is -0.614. The van der Waals surface area contributed by atoms with Crippen LogP contribution in [-0.2, 0) is 9.22 Å². The Morgan fingerprint density at radius 2 is 1.39 bits per heavy atom. The van der Waals surface area contributed by atoms with Gasteiger partial charge in [0.2, 0.25) is 5.91 Å². The second-order valence-electron chi connectivity index (χ2n) is 12.9. The van der Waals surface area contributed by atoms with Gasteiger partial charge in [-0.1, -0.05) is 81.4 Å². The van der Waals surface area contributed by atoms with E-state index in [2.05, 4.69) is 69.3 Å². The zero-order valence-electron chi connectivity index (χ0n) is 24.4. The summed E-state index contributed by atoms with van der Waals surface area (Å²) in [6.07, 6.45) is 1.33. The lowest BCUT2D eigenvalue weighted by Crippen LogP contribution is -2.70. The zero-order chi connectivity index (χ0) is 28.3. The van der Waals surface area contributed by atoms with Gasteiger partial charge in [0.25, 0.3) is 8.32 Å². The van der Waals surface area contributed by atoms with E-state index in [0.29, 0.717) is 19.3 Å². The van der Waals surface area contributed by atoms with E-state index in [-0.39, 0.29) is 29.0 Å². The standard InChI is InChI=1S/C31H46N2O4Si/c1-30(2,3)33(29(35)36)26-21-23(22-28(34)32(7)8)19-20-27(26)37-38(31(4,5)6,24-15-11-9-12-16-24)25-17-13-10-14-18-25/h9-18,23,26-27H,19-22H2,1-8H3,(H,35,36)/t23-,26+,27+/m0/s1. The monoisotopic (exact) mass is 538 g/mol. The molecule has 2 aromatic rings. The predicted molar refractivity (Wildman–Crippen MR) is 157 cm³/mol. The highest BCUT2D eigenvalue weighted by atomic mass is 28.4. The quantitative estimate of drug-likeness (QED) is 0.482. The normalized spacial score (nSPS) is 20.6. The van der Waals surface area contributed by atoms with Crippen LogP contribution in [0.1, 0.15) is 67.2 Å². The maximum Gasteiger partial charge on any atom is 0.408 e. The molecule has 3 atom stereocenters. The predicted octanol–water partition coefficient (Wildman–Crippen LogP) is 5.36. The Kier molecular flexibility index (Phi) is 9.15.